The Morgan fingerprint density at radius 3 is 3.07 bits per heavy atom. The molecule has 0 aromatic carbocycles. The Bertz CT molecular complexity index is 315. The van der Waals surface area contributed by atoms with Gasteiger partial charge in [0.1, 0.15) is 11.4 Å². The number of hydrogen-bond acceptors (Lipinski definition) is 6. The van der Waals surface area contributed by atoms with Crippen molar-refractivity contribution >= 4 is 0 Å². The Kier molecular flexibility index (Phi) is 3.30. The lowest BCUT2D eigenvalue weighted by Crippen LogP contribution is -2.47. The molecule has 0 amide bonds. The predicted octanol–water partition coefficient (Wildman–Crippen LogP) is -0.429. The molecule has 0 saturated carbocycles. The Balaban J connectivity index is 2.00. The molecule has 1 saturated heterocycles. The highest BCUT2D eigenvalue weighted by Gasteiger charge is 2.23. The van der Waals surface area contributed by atoms with Gasteiger partial charge in [-0.15, -0.1) is 0 Å². The van der Waals surface area contributed by atoms with Gasteiger partial charge >= 0.3 is 0 Å². The molecule has 0 aliphatic carbocycles. The van der Waals surface area contributed by atoms with Gasteiger partial charge in [0.15, 0.2) is 0 Å². The first-order valence-corrected chi connectivity index (χ1v) is 5.02. The number of aromatic nitrogens is 2. The molecular formula is C9H15N3O3. The topological polar surface area (TPSA) is 71.6 Å². The number of ether oxygens (including phenoxy) is 1. The van der Waals surface area contributed by atoms with Gasteiger partial charge in [0, 0.05) is 13.1 Å². The molecule has 1 aromatic rings. The third-order valence-electron chi connectivity index (χ3n) is 2.66. The van der Waals surface area contributed by atoms with E-state index >= 15 is 0 Å². The summed E-state index contributed by atoms with van der Waals surface area (Å²) in [6.45, 7) is 4.69. The second kappa shape index (κ2) is 4.69. The molecule has 1 fully saturated rings. The molecule has 2 rings (SSSR count). The molecule has 2 heterocycles. The van der Waals surface area contributed by atoms with Crippen molar-refractivity contribution in [2.75, 3.05) is 26.4 Å². The number of aliphatic hydroxyl groups is 1. The molecule has 15 heavy (non-hydrogen) atoms. The van der Waals surface area contributed by atoms with Gasteiger partial charge in [-0.25, -0.2) is 4.63 Å². The molecular weight excluding hydrogens is 198 g/mol. The summed E-state index contributed by atoms with van der Waals surface area (Å²) in [5.74, 6) is 0. The monoisotopic (exact) mass is 213 g/mol. The third-order valence-corrected chi connectivity index (χ3v) is 2.66. The molecule has 6 heteroatoms. The van der Waals surface area contributed by atoms with Crippen LogP contribution in [0.25, 0.3) is 0 Å². The fraction of sp³-hybridized carbons (Fsp3) is 0.778. The van der Waals surface area contributed by atoms with E-state index in [1.165, 1.54) is 0 Å². The number of rotatable bonds is 3. The minimum Gasteiger partial charge on any atom is -0.395 e. The first kappa shape index (κ1) is 10.5. The van der Waals surface area contributed by atoms with Gasteiger partial charge in [0.05, 0.1) is 25.9 Å². The molecule has 84 valence electrons. The van der Waals surface area contributed by atoms with E-state index in [9.17, 15) is 5.11 Å². The van der Waals surface area contributed by atoms with E-state index in [0.717, 1.165) is 17.9 Å². The van der Waals surface area contributed by atoms with E-state index in [1.54, 1.807) is 0 Å². The number of nitrogens with zero attached hydrogens (tertiary/aromatic N) is 3. The smallest absolute Gasteiger partial charge is 0.122 e. The highest BCUT2D eigenvalue weighted by atomic mass is 16.6. The first-order valence-electron chi connectivity index (χ1n) is 5.02. The Hall–Kier alpha value is -0.980. The standard InChI is InChI=1S/C9H15N3O3/c1-7-9(11-15-10-7)4-12-2-3-14-6-8(12)5-13/h8,13H,2-6H2,1H3. The van der Waals surface area contributed by atoms with Crippen LogP contribution in [0.2, 0.25) is 0 Å². The summed E-state index contributed by atoms with van der Waals surface area (Å²) in [6, 6.07) is 0.0508. The van der Waals surface area contributed by atoms with Gasteiger partial charge < -0.3 is 9.84 Å². The minimum absolute atomic E-state index is 0.0508. The molecule has 6 nitrogen and oxygen atoms in total. The molecule has 0 spiro atoms. The van der Waals surface area contributed by atoms with Crippen molar-refractivity contribution in [3.63, 3.8) is 0 Å². The number of hydrogen-bond donors (Lipinski definition) is 1. The van der Waals surface area contributed by atoms with Crippen molar-refractivity contribution in [2.24, 2.45) is 0 Å². The quantitative estimate of drug-likeness (QED) is 0.734. The van der Waals surface area contributed by atoms with Gasteiger partial charge in [0.2, 0.25) is 0 Å². The van der Waals surface area contributed by atoms with E-state index in [-0.39, 0.29) is 12.6 Å². The highest BCUT2D eigenvalue weighted by molar-refractivity contribution is 5.04. The van der Waals surface area contributed by atoms with Crippen molar-refractivity contribution in [3.05, 3.63) is 11.4 Å². The maximum atomic E-state index is 9.18. The van der Waals surface area contributed by atoms with E-state index in [2.05, 4.69) is 19.8 Å². The molecule has 0 radical (unpaired) electrons. The van der Waals surface area contributed by atoms with Crippen molar-refractivity contribution in [3.8, 4) is 0 Å². The third kappa shape index (κ3) is 2.34. The second-order valence-corrected chi connectivity index (χ2v) is 3.68. The average molecular weight is 213 g/mol. The Morgan fingerprint density at radius 2 is 2.40 bits per heavy atom. The van der Waals surface area contributed by atoms with Crippen LogP contribution in [0.1, 0.15) is 11.4 Å². The normalized spacial score (nSPS) is 23.2. The number of morpholine rings is 1. The van der Waals surface area contributed by atoms with Crippen LogP contribution in [-0.2, 0) is 11.3 Å². The summed E-state index contributed by atoms with van der Waals surface area (Å²) in [6.07, 6.45) is 0. The summed E-state index contributed by atoms with van der Waals surface area (Å²) in [5.41, 5.74) is 1.63. The van der Waals surface area contributed by atoms with Crippen LogP contribution < -0.4 is 0 Å². The summed E-state index contributed by atoms with van der Waals surface area (Å²) >= 11 is 0. The Labute approximate surface area is 87.8 Å². The largest absolute Gasteiger partial charge is 0.395 e. The van der Waals surface area contributed by atoms with Gasteiger partial charge in [0.25, 0.3) is 0 Å². The summed E-state index contributed by atoms with van der Waals surface area (Å²) in [5, 5.41) is 16.7. The van der Waals surface area contributed by atoms with Gasteiger partial charge in [-0.05, 0) is 6.92 Å². The van der Waals surface area contributed by atoms with Gasteiger partial charge in [-0.1, -0.05) is 10.3 Å². The lowest BCUT2D eigenvalue weighted by atomic mass is 10.2. The Morgan fingerprint density at radius 1 is 1.53 bits per heavy atom. The van der Waals surface area contributed by atoms with Crippen LogP contribution in [0.3, 0.4) is 0 Å². The second-order valence-electron chi connectivity index (χ2n) is 3.68. The molecule has 1 aromatic heterocycles. The molecule has 1 atom stereocenters. The van der Waals surface area contributed by atoms with Crippen LogP contribution in [0.15, 0.2) is 4.63 Å². The van der Waals surface area contributed by atoms with Crippen LogP contribution in [0, 0.1) is 6.92 Å². The van der Waals surface area contributed by atoms with E-state index in [1.807, 2.05) is 6.92 Å². The molecule has 1 aliphatic rings. The zero-order valence-corrected chi connectivity index (χ0v) is 8.72. The summed E-state index contributed by atoms with van der Waals surface area (Å²) < 4.78 is 9.93. The maximum Gasteiger partial charge on any atom is 0.122 e. The highest BCUT2D eigenvalue weighted by Crippen LogP contribution is 2.12. The van der Waals surface area contributed by atoms with Crippen LogP contribution >= 0.6 is 0 Å². The fourth-order valence-corrected chi connectivity index (χ4v) is 1.65. The zero-order valence-electron chi connectivity index (χ0n) is 8.72. The maximum absolute atomic E-state index is 9.18. The van der Waals surface area contributed by atoms with Crippen molar-refractivity contribution < 1.29 is 14.5 Å². The SMILES string of the molecule is Cc1nonc1CN1CCOCC1CO. The predicted molar refractivity (Wildman–Crippen MR) is 51.1 cm³/mol. The zero-order chi connectivity index (χ0) is 10.7. The fourth-order valence-electron chi connectivity index (χ4n) is 1.65. The number of aliphatic hydroxyl groups excluding tert-OH is 1. The molecule has 0 bridgehead atoms. The average Bonchev–Trinajstić information content (AvgIpc) is 2.65. The van der Waals surface area contributed by atoms with Crippen LogP contribution in [-0.4, -0.2) is 52.7 Å². The van der Waals surface area contributed by atoms with Crippen LogP contribution in [0.4, 0.5) is 0 Å². The first-order chi connectivity index (χ1) is 7.31. The summed E-state index contributed by atoms with van der Waals surface area (Å²) in [4.78, 5) is 2.13. The van der Waals surface area contributed by atoms with Crippen LogP contribution in [0.5, 0.6) is 0 Å². The van der Waals surface area contributed by atoms with Gasteiger partial charge in [-0.2, -0.15) is 0 Å². The molecule has 1 N–H and O–H groups in total. The van der Waals surface area contributed by atoms with E-state index in [0.29, 0.717) is 19.8 Å². The number of aryl methyl sites for hydroxylation is 1. The molecule has 1 aliphatic heterocycles. The minimum atomic E-state index is 0.0508. The van der Waals surface area contributed by atoms with Crippen molar-refractivity contribution in [1.82, 2.24) is 15.2 Å². The summed E-state index contributed by atoms with van der Waals surface area (Å²) in [7, 11) is 0. The van der Waals surface area contributed by atoms with Crippen molar-refractivity contribution in [2.45, 2.75) is 19.5 Å². The van der Waals surface area contributed by atoms with Gasteiger partial charge in [-0.3, -0.25) is 4.90 Å². The lowest BCUT2D eigenvalue weighted by Gasteiger charge is -2.33. The lowest BCUT2D eigenvalue weighted by molar-refractivity contribution is -0.0321. The molecule has 1 unspecified atom stereocenters. The van der Waals surface area contributed by atoms with E-state index < -0.39 is 0 Å². The van der Waals surface area contributed by atoms with E-state index in [4.69, 9.17) is 4.74 Å². The van der Waals surface area contributed by atoms with Crippen molar-refractivity contribution in [1.29, 1.82) is 0 Å².